The number of carbonyl (C=O) groups is 2. The zero-order valence-electron chi connectivity index (χ0n) is 21.1. The van der Waals surface area contributed by atoms with Gasteiger partial charge in [0, 0.05) is 38.9 Å². The molecule has 5 rings (SSSR count). The van der Waals surface area contributed by atoms with E-state index in [-0.39, 0.29) is 19.0 Å². The Balaban J connectivity index is 1.61. The van der Waals surface area contributed by atoms with Crippen LogP contribution in [0.1, 0.15) is 46.8 Å². The van der Waals surface area contributed by atoms with Crippen LogP contribution in [-0.2, 0) is 16.1 Å². The van der Waals surface area contributed by atoms with Crippen LogP contribution in [0.4, 0.5) is 0 Å². The largest absolute Gasteiger partial charge is 0.493 e. The molecule has 0 unspecified atom stereocenters. The summed E-state index contributed by atoms with van der Waals surface area (Å²) in [5, 5.41) is 3.94. The molecule has 0 amide bonds. The van der Waals surface area contributed by atoms with Gasteiger partial charge < -0.3 is 19.5 Å². The minimum atomic E-state index is -0.648. The van der Waals surface area contributed by atoms with Crippen LogP contribution in [-0.4, -0.2) is 25.5 Å². The van der Waals surface area contributed by atoms with Crippen LogP contribution in [0.3, 0.4) is 0 Å². The van der Waals surface area contributed by atoms with E-state index in [1.165, 1.54) is 0 Å². The third-order valence-electron chi connectivity index (χ3n) is 6.66. The molecule has 0 radical (unpaired) electrons. The molecule has 0 saturated carbocycles. The van der Waals surface area contributed by atoms with Gasteiger partial charge in [0.05, 0.1) is 28.6 Å². The third kappa shape index (κ3) is 4.58. The molecule has 1 aliphatic heterocycles. The van der Waals surface area contributed by atoms with Gasteiger partial charge in [0.1, 0.15) is 6.61 Å². The van der Waals surface area contributed by atoms with Crippen molar-refractivity contribution < 1.29 is 23.8 Å². The number of methoxy groups -OCH3 is 1. The minimum Gasteiger partial charge on any atom is -0.493 e. The second-order valence-corrected chi connectivity index (χ2v) is 10.5. The summed E-state index contributed by atoms with van der Waals surface area (Å²) in [6.45, 7) is 4.07. The van der Waals surface area contributed by atoms with Crippen molar-refractivity contribution in [2.45, 2.75) is 26.4 Å². The first-order chi connectivity index (χ1) is 18.3. The maximum absolute atomic E-state index is 13.7. The van der Waals surface area contributed by atoms with Gasteiger partial charge in [-0.25, -0.2) is 4.79 Å². The second kappa shape index (κ2) is 10.8. The van der Waals surface area contributed by atoms with Crippen molar-refractivity contribution >= 4 is 51.6 Å². The quantitative estimate of drug-likeness (QED) is 0.230. The van der Waals surface area contributed by atoms with E-state index >= 15 is 0 Å². The van der Waals surface area contributed by atoms with Crippen molar-refractivity contribution in [3.8, 4) is 11.5 Å². The smallest absolute Gasteiger partial charge is 0.336 e. The van der Waals surface area contributed by atoms with Crippen LogP contribution in [0.2, 0.25) is 5.02 Å². The number of nitrogens with one attached hydrogen (secondary N) is 1. The molecule has 1 aliphatic carbocycles. The van der Waals surface area contributed by atoms with Gasteiger partial charge in [0.2, 0.25) is 0 Å². The first-order valence-corrected chi connectivity index (χ1v) is 13.6. The number of halogens is 2. The Labute approximate surface area is 239 Å². The Morgan fingerprint density at radius 2 is 1.79 bits per heavy atom. The van der Waals surface area contributed by atoms with E-state index in [1.807, 2.05) is 67.6 Å². The summed E-state index contributed by atoms with van der Waals surface area (Å²) in [5.74, 6) is -0.186. The van der Waals surface area contributed by atoms with Gasteiger partial charge in [0.15, 0.2) is 17.3 Å². The highest BCUT2D eigenvalue weighted by molar-refractivity contribution is 14.1. The Morgan fingerprint density at radius 3 is 2.50 bits per heavy atom. The molecule has 0 aromatic heterocycles. The molecule has 6 nitrogen and oxygen atoms in total. The van der Waals surface area contributed by atoms with Crippen LogP contribution in [0.5, 0.6) is 11.5 Å². The van der Waals surface area contributed by atoms with E-state index < -0.39 is 11.9 Å². The minimum absolute atomic E-state index is 0.115. The molecule has 0 saturated heterocycles. The molecular formula is C30H25ClINO5. The number of ketones is 1. The van der Waals surface area contributed by atoms with Gasteiger partial charge >= 0.3 is 5.97 Å². The van der Waals surface area contributed by atoms with Crippen molar-refractivity contribution in [2.75, 3.05) is 13.7 Å². The van der Waals surface area contributed by atoms with Gasteiger partial charge in [-0.3, -0.25) is 4.79 Å². The predicted molar refractivity (Wildman–Crippen MR) is 154 cm³/mol. The molecule has 8 heteroatoms. The number of benzene rings is 3. The monoisotopic (exact) mass is 641 g/mol. The number of ether oxygens (including phenoxy) is 3. The van der Waals surface area contributed by atoms with Crippen LogP contribution in [0, 0.1) is 3.57 Å². The summed E-state index contributed by atoms with van der Waals surface area (Å²) >= 11 is 8.50. The molecule has 1 heterocycles. The summed E-state index contributed by atoms with van der Waals surface area (Å²) in [4.78, 5) is 26.9. The molecule has 0 spiro atoms. The molecule has 3 aromatic rings. The van der Waals surface area contributed by atoms with Gasteiger partial charge in [0.25, 0.3) is 0 Å². The van der Waals surface area contributed by atoms with Crippen LogP contribution in [0.25, 0.3) is 5.70 Å². The zero-order valence-corrected chi connectivity index (χ0v) is 24.0. The average Bonchev–Trinajstić information content (AvgIpc) is 3.19. The van der Waals surface area contributed by atoms with Gasteiger partial charge in [-0.15, -0.1) is 0 Å². The number of hydrogen-bond donors (Lipinski definition) is 1. The highest BCUT2D eigenvalue weighted by Crippen LogP contribution is 2.48. The fourth-order valence-corrected chi connectivity index (χ4v) is 5.92. The number of allylic oxidation sites excluding steroid dienone is 2. The molecule has 1 atom stereocenters. The number of rotatable bonds is 7. The summed E-state index contributed by atoms with van der Waals surface area (Å²) in [7, 11) is 1.56. The van der Waals surface area contributed by atoms with Crippen LogP contribution >= 0.6 is 34.2 Å². The molecule has 2 aliphatic rings. The number of dihydropyridines is 1. The van der Waals surface area contributed by atoms with E-state index in [9.17, 15) is 9.59 Å². The third-order valence-corrected chi connectivity index (χ3v) is 7.83. The molecule has 38 heavy (non-hydrogen) atoms. The summed E-state index contributed by atoms with van der Waals surface area (Å²) in [6.07, 6.45) is 0. The predicted octanol–water partition coefficient (Wildman–Crippen LogP) is 6.66. The van der Waals surface area contributed by atoms with Crippen molar-refractivity contribution in [2.24, 2.45) is 0 Å². The topological polar surface area (TPSA) is 73.9 Å². The SMILES string of the molecule is CCOC(=O)C1=C(C)NC2=C(C(=O)c3ccccc32)[C@H]1c1cc(I)c(OCc2ccccc2Cl)c(OC)c1. The fraction of sp³-hybridized carbons (Fsp3) is 0.200. The Bertz CT molecular complexity index is 1530. The molecule has 3 aromatic carbocycles. The summed E-state index contributed by atoms with van der Waals surface area (Å²) in [6, 6.07) is 18.7. The average molecular weight is 642 g/mol. The first-order valence-electron chi connectivity index (χ1n) is 12.1. The molecule has 0 fully saturated rings. The second-order valence-electron chi connectivity index (χ2n) is 8.89. The van der Waals surface area contributed by atoms with E-state index in [1.54, 1.807) is 14.0 Å². The van der Waals surface area contributed by atoms with E-state index in [2.05, 4.69) is 27.9 Å². The highest BCUT2D eigenvalue weighted by Gasteiger charge is 2.43. The number of Topliss-reactive ketones (excluding diaryl/α,β-unsaturated/α-hetero) is 1. The zero-order chi connectivity index (χ0) is 27.0. The lowest BCUT2D eigenvalue weighted by atomic mass is 9.79. The Morgan fingerprint density at radius 1 is 1.08 bits per heavy atom. The summed E-state index contributed by atoms with van der Waals surface area (Å²) < 4.78 is 18.1. The van der Waals surface area contributed by atoms with Gasteiger partial charge in [-0.05, 0) is 60.2 Å². The summed E-state index contributed by atoms with van der Waals surface area (Å²) in [5.41, 5.74) is 5.28. The number of esters is 1. The lowest BCUT2D eigenvalue weighted by molar-refractivity contribution is -0.138. The Hall–Kier alpha value is -3.30. The van der Waals surface area contributed by atoms with Gasteiger partial charge in [-0.1, -0.05) is 54.1 Å². The van der Waals surface area contributed by atoms with E-state index in [4.69, 9.17) is 25.8 Å². The number of fused-ring (bicyclic) bond motifs is 2. The van der Waals surface area contributed by atoms with Crippen molar-refractivity contribution in [1.29, 1.82) is 0 Å². The molecular weight excluding hydrogens is 617 g/mol. The number of hydrogen-bond acceptors (Lipinski definition) is 6. The van der Waals surface area contributed by atoms with Gasteiger partial charge in [-0.2, -0.15) is 0 Å². The van der Waals surface area contributed by atoms with Crippen LogP contribution < -0.4 is 14.8 Å². The molecule has 1 N–H and O–H groups in total. The Kier molecular flexibility index (Phi) is 7.49. The fourth-order valence-electron chi connectivity index (χ4n) is 4.95. The van der Waals surface area contributed by atoms with E-state index in [0.717, 1.165) is 20.3 Å². The van der Waals surface area contributed by atoms with Crippen molar-refractivity contribution in [3.63, 3.8) is 0 Å². The van der Waals surface area contributed by atoms with Crippen molar-refractivity contribution in [3.05, 3.63) is 108 Å². The lowest BCUT2D eigenvalue weighted by Crippen LogP contribution is -2.29. The first kappa shape index (κ1) is 26.3. The lowest BCUT2D eigenvalue weighted by Gasteiger charge is -2.30. The normalized spacial score (nSPS) is 16.1. The standard InChI is InChI=1S/C30H25ClINO5/c1-4-37-30(35)24-16(2)33-27-19-10-6-7-11-20(19)28(34)26(27)25(24)18-13-22(32)29(23(14-18)36-3)38-15-17-9-5-8-12-21(17)31/h5-14,25,33H,4,15H2,1-3H3/t25-/m0/s1. The molecule has 0 bridgehead atoms. The maximum Gasteiger partial charge on any atom is 0.336 e. The van der Waals surface area contributed by atoms with Crippen molar-refractivity contribution in [1.82, 2.24) is 5.32 Å². The number of carbonyl (C=O) groups excluding carboxylic acids is 2. The maximum atomic E-state index is 13.7. The van der Waals surface area contributed by atoms with Crippen LogP contribution in [0.15, 0.2) is 77.5 Å². The molecule has 194 valence electrons. The highest BCUT2D eigenvalue weighted by atomic mass is 127. The van der Waals surface area contributed by atoms with E-state index in [0.29, 0.717) is 44.6 Å².